The molecular weight excluding hydrogens is 369 g/mol. The number of alkyl halides is 3. The summed E-state index contributed by atoms with van der Waals surface area (Å²) in [4.78, 5) is 12.1. The molecular formula is C21H19F3N2O2. The second kappa shape index (κ2) is 7.88. The van der Waals surface area contributed by atoms with Gasteiger partial charge < -0.3 is 4.74 Å². The van der Waals surface area contributed by atoms with Gasteiger partial charge in [-0.2, -0.15) is 18.3 Å². The van der Waals surface area contributed by atoms with E-state index in [2.05, 4.69) is 5.10 Å². The zero-order valence-corrected chi connectivity index (χ0v) is 15.5. The first-order valence-corrected chi connectivity index (χ1v) is 8.68. The maximum atomic E-state index is 12.8. The Labute approximate surface area is 160 Å². The zero-order valence-electron chi connectivity index (χ0n) is 15.5. The molecule has 0 amide bonds. The Hall–Kier alpha value is -3.09. The summed E-state index contributed by atoms with van der Waals surface area (Å²) >= 11 is 0. The highest BCUT2D eigenvalue weighted by molar-refractivity contribution is 5.72. The van der Waals surface area contributed by atoms with E-state index in [0.717, 1.165) is 34.8 Å². The molecule has 0 unspecified atom stereocenters. The molecule has 0 spiro atoms. The van der Waals surface area contributed by atoms with Gasteiger partial charge in [0.15, 0.2) is 0 Å². The van der Waals surface area contributed by atoms with E-state index in [1.165, 1.54) is 12.1 Å². The van der Waals surface area contributed by atoms with Crippen LogP contribution in [0.3, 0.4) is 0 Å². The quantitative estimate of drug-likeness (QED) is 0.590. The van der Waals surface area contributed by atoms with Crippen LogP contribution in [0.4, 0.5) is 13.2 Å². The van der Waals surface area contributed by atoms with Gasteiger partial charge in [0.05, 0.1) is 23.4 Å². The molecule has 1 heterocycles. The first-order valence-electron chi connectivity index (χ1n) is 8.68. The lowest BCUT2D eigenvalue weighted by atomic mass is 10.1. The van der Waals surface area contributed by atoms with Crippen molar-refractivity contribution in [2.75, 3.05) is 0 Å². The van der Waals surface area contributed by atoms with Crippen LogP contribution in [0.25, 0.3) is 5.69 Å². The number of carbonyl (C=O) groups is 1. The number of aromatic nitrogens is 2. The van der Waals surface area contributed by atoms with Crippen LogP contribution in [0.1, 0.15) is 28.1 Å². The van der Waals surface area contributed by atoms with Gasteiger partial charge in [-0.1, -0.05) is 36.4 Å². The van der Waals surface area contributed by atoms with Crippen LogP contribution < -0.4 is 0 Å². The van der Waals surface area contributed by atoms with Crippen LogP contribution in [0.5, 0.6) is 0 Å². The molecule has 28 heavy (non-hydrogen) atoms. The fraction of sp³-hybridized carbons (Fsp3) is 0.238. The minimum absolute atomic E-state index is 0.0162. The molecule has 0 N–H and O–H groups in total. The maximum absolute atomic E-state index is 12.8. The van der Waals surface area contributed by atoms with E-state index in [-0.39, 0.29) is 18.6 Å². The highest BCUT2D eigenvalue weighted by Crippen LogP contribution is 2.29. The molecule has 0 aliphatic carbocycles. The molecule has 0 aliphatic heterocycles. The van der Waals surface area contributed by atoms with Crippen molar-refractivity contribution >= 4 is 5.97 Å². The number of rotatable bonds is 5. The predicted octanol–water partition coefficient (Wildman–Crippen LogP) is 4.79. The van der Waals surface area contributed by atoms with Crippen molar-refractivity contribution in [3.05, 3.63) is 82.7 Å². The minimum atomic E-state index is -4.44. The number of aryl methyl sites for hydroxylation is 1. The molecule has 0 fully saturated rings. The number of carbonyl (C=O) groups excluding carboxylic acids is 1. The Morgan fingerprint density at radius 3 is 2.46 bits per heavy atom. The highest BCUT2D eigenvalue weighted by atomic mass is 19.4. The van der Waals surface area contributed by atoms with Crippen molar-refractivity contribution < 1.29 is 22.7 Å². The van der Waals surface area contributed by atoms with Crippen LogP contribution in [-0.4, -0.2) is 15.7 Å². The average Bonchev–Trinajstić information content (AvgIpc) is 2.94. The molecule has 3 rings (SSSR count). The van der Waals surface area contributed by atoms with Gasteiger partial charge in [-0.15, -0.1) is 0 Å². The normalized spacial score (nSPS) is 11.5. The van der Waals surface area contributed by atoms with Crippen LogP contribution in [0.15, 0.2) is 54.6 Å². The number of para-hydroxylation sites is 1. The van der Waals surface area contributed by atoms with Crippen molar-refractivity contribution in [3.8, 4) is 5.69 Å². The summed E-state index contributed by atoms with van der Waals surface area (Å²) in [5.74, 6) is -0.592. The Kier molecular flexibility index (Phi) is 5.53. The molecule has 0 bridgehead atoms. The topological polar surface area (TPSA) is 44.1 Å². The summed E-state index contributed by atoms with van der Waals surface area (Å²) in [5, 5.41) is 4.48. The van der Waals surface area contributed by atoms with Gasteiger partial charge in [0.1, 0.15) is 6.61 Å². The lowest BCUT2D eigenvalue weighted by molar-refractivity contribution is -0.144. The van der Waals surface area contributed by atoms with Crippen molar-refractivity contribution in [1.82, 2.24) is 9.78 Å². The molecule has 0 saturated heterocycles. The number of benzene rings is 2. The molecule has 0 saturated carbocycles. The standard InChI is InChI=1S/C21H19F3N2O2/c1-14-19(15(2)26(25-14)18-9-4-3-5-10-18)13-28-20(27)12-16-7-6-8-17(11-16)21(22,23)24/h3-11H,12-13H2,1-2H3. The Morgan fingerprint density at radius 1 is 1.07 bits per heavy atom. The van der Waals surface area contributed by atoms with E-state index in [9.17, 15) is 18.0 Å². The fourth-order valence-corrected chi connectivity index (χ4v) is 2.93. The van der Waals surface area contributed by atoms with Gasteiger partial charge in [0, 0.05) is 11.3 Å². The summed E-state index contributed by atoms with van der Waals surface area (Å²) in [5.41, 5.74) is 2.72. The lowest BCUT2D eigenvalue weighted by Gasteiger charge is -2.09. The van der Waals surface area contributed by atoms with Gasteiger partial charge in [-0.25, -0.2) is 4.68 Å². The predicted molar refractivity (Wildman–Crippen MR) is 98.0 cm³/mol. The van der Waals surface area contributed by atoms with Crippen molar-refractivity contribution in [3.63, 3.8) is 0 Å². The summed E-state index contributed by atoms with van der Waals surface area (Å²) in [6.45, 7) is 3.72. The van der Waals surface area contributed by atoms with Crippen molar-refractivity contribution in [1.29, 1.82) is 0 Å². The second-order valence-electron chi connectivity index (χ2n) is 6.43. The lowest BCUT2D eigenvalue weighted by Crippen LogP contribution is -2.10. The zero-order chi connectivity index (χ0) is 20.3. The molecule has 7 heteroatoms. The molecule has 146 valence electrons. The van der Waals surface area contributed by atoms with Gasteiger partial charge in [0.2, 0.25) is 0 Å². The van der Waals surface area contributed by atoms with Crippen molar-refractivity contribution in [2.24, 2.45) is 0 Å². The Balaban J connectivity index is 1.68. The van der Waals surface area contributed by atoms with E-state index in [4.69, 9.17) is 4.74 Å². The summed E-state index contributed by atoms with van der Waals surface area (Å²) in [7, 11) is 0. The third kappa shape index (κ3) is 4.42. The maximum Gasteiger partial charge on any atom is 0.416 e. The highest BCUT2D eigenvalue weighted by Gasteiger charge is 2.30. The second-order valence-corrected chi connectivity index (χ2v) is 6.43. The Morgan fingerprint density at radius 2 is 1.79 bits per heavy atom. The first kappa shape index (κ1) is 19.7. The van der Waals surface area contributed by atoms with E-state index in [1.807, 2.05) is 44.2 Å². The van der Waals surface area contributed by atoms with E-state index in [1.54, 1.807) is 4.68 Å². The molecule has 0 atom stereocenters. The van der Waals surface area contributed by atoms with Crippen LogP contribution in [-0.2, 0) is 28.7 Å². The molecule has 2 aromatic carbocycles. The van der Waals surface area contributed by atoms with Gasteiger partial charge in [-0.3, -0.25) is 4.79 Å². The van der Waals surface area contributed by atoms with Crippen LogP contribution >= 0.6 is 0 Å². The summed E-state index contributed by atoms with van der Waals surface area (Å²) in [6, 6.07) is 14.2. The smallest absolute Gasteiger partial charge is 0.416 e. The number of hydrogen-bond acceptors (Lipinski definition) is 3. The number of hydrogen-bond donors (Lipinski definition) is 0. The number of halogens is 3. The number of esters is 1. The largest absolute Gasteiger partial charge is 0.460 e. The minimum Gasteiger partial charge on any atom is -0.460 e. The molecule has 3 aromatic rings. The van der Waals surface area contributed by atoms with Crippen molar-refractivity contribution in [2.45, 2.75) is 33.1 Å². The third-order valence-electron chi connectivity index (χ3n) is 4.42. The first-order chi connectivity index (χ1) is 13.3. The monoisotopic (exact) mass is 388 g/mol. The summed E-state index contributed by atoms with van der Waals surface area (Å²) < 4.78 is 45.4. The summed E-state index contributed by atoms with van der Waals surface area (Å²) in [6.07, 6.45) is -4.67. The average molecular weight is 388 g/mol. The third-order valence-corrected chi connectivity index (χ3v) is 4.42. The number of ether oxygens (including phenoxy) is 1. The van der Waals surface area contributed by atoms with E-state index < -0.39 is 17.7 Å². The number of nitrogens with zero attached hydrogens (tertiary/aromatic N) is 2. The van der Waals surface area contributed by atoms with E-state index in [0.29, 0.717) is 0 Å². The fourth-order valence-electron chi connectivity index (χ4n) is 2.93. The van der Waals surface area contributed by atoms with Crippen LogP contribution in [0, 0.1) is 13.8 Å². The SMILES string of the molecule is Cc1nn(-c2ccccc2)c(C)c1COC(=O)Cc1cccc(C(F)(F)F)c1. The van der Waals surface area contributed by atoms with Gasteiger partial charge >= 0.3 is 12.1 Å². The van der Waals surface area contributed by atoms with E-state index >= 15 is 0 Å². The molecule has 4 nitrogen and oxygen atoms in total. The van der Waals surface area contributed by atoms with Gasteiger partial charge in [-0.05, 0) is 37.6 Å². The molecule has 1 aromatic heterocycles. The van der Waals surface area contributed by atoms with Gasteiger partial charge in [0.25, 0.3) is 0 Å². The van der Waals surface area contributed by atoms with Crippen LogP contribution in [0.2, 0.25) is 0 Å². The molecule has 0 aliphatic rings. The Bertz CT molecular complexity index is 979. The molecule has 0 radical (unpaired) electrons.